The molecule has 0 aromatic heterocycles. The number of carboxylic acid groups (broad SMARTS) is 1. The summed E-state index contributed by atoms with van der Waals surface area (Å²) >= 11 is 0. The Kier molecular flexibility index (Phi) is 4.16. The number of amides is 1. The van der Waals surface area contributed by atoms with Crippen LogP contribution in [0.1, 0.15) is 28.4 Å². The van der Waals surface area contributed by atoms with Crippen LogP contribution in [0.25, 0.3) is 0 Å². The molecule has 1 aromatic rings. The molecule has 6 heteroatoms. The van der Waals surface area contributed by atoms with Gasteiger partial charge in [0.05, 0.1) is 0 Å². The fourth-order valence-electron chi connectivity index (χ4n) is 1.59. The van der Waals surface area contributed by atoms with Crippen molar-refractivity contribution in [3.63, 3.8) is 0 Å². The second-order valence-corrected chi connectivity index (χ2v) is 4.67. The molecule has 0 bridgehead atoms. The Morgan fingerprint density at radius 3 is 2.16 bits per heavy atom. The molecular weight excluding hydrogens is 250 g/mol. The Morgan fingerprint density at radius 2 is 1.79 bits per heavy atom. The molecule has 1 unspecified atom stereocenters. The van der Waals surface area contributed by atoms with Crippen LogP contribution in [0.2, 0.25) is 0 Å². The van der Waals surface area contributed by atoms with Gasteiger partial charge in [-0.15, -0.1) is 0 Å². The maximum atomic E-state index is 11.1. The molecule has 0 aliphatic carbocycles. The number of aliphatic carboxylic acids is 1. The summed E-state index contributed by atoms with van der Waals surface area (Å²) in [6.45, 7) is 4.19. The molecule has 0 saturated heterocycles. The summed E-state index contributed by atoms with van der Waals surface area (Å²) in [5, 5.41) is 18.4. The third-order valence-electron chi connectivity index (χ3n) is 2.70. The van der Waals surface area contributed by atoms with Crippen molar-refractivity contribution in [2.24, 2.45) is 5.73 Å². The monoisotopic (exact) mass is 267 g/mol. The van der Waals surface area contributed by atoms with Crippen LogP contribution in [0.4, 0.5) is 0 Å². The van der Waals surface area contributed by atoms with E-state index in [1.807, 2.05) is 0 Å². The van der Waals surface area contributed by atoms with Crippen LogP contribution in [0, 0.1) is 13.8 Å². The first-order chi connectivity index (χ1) is 8.65. The number of carboxylic acids is 1. The SMILES string of the molecule is Cc1cc(C(N)=O)cc(C)c1OCC(C)(O)C(=O)O. The molecule has 0 saturated carbocycles. The van der Waals surface area contributed by atoms with E-state index in [4.69, 9.17) is 15.6 Å². The number of aliphatic hydroxyl groups is 1. The van der Waals surface area contributed by atoms with Gasteiger partial charge in [0.15, 0.2) is 5.60 Å². The first-order valence-electron chi connectivity index (χ1n) is 5.65. The fourth-order valence-corrected chi connectivity index (χ4v) is 1.59. The zero-order chi connectivity index (χ0) is 14.8. The lowest BCUT2D eigenvalue weighted by atomic mass is 10.0. The van der Waals surface area contributed by atoms with Gasteiger partial charge in [-0.3, -0.25) is 4.79 Å². The summed E-state index contributed by atoms with van der Waals surface area (Å²) < 4.78 is 5.35. The smallest absolute Gasteiger partial charge is 0.339 e. The van der Waals surface area contributed by atoms with Gasteiger partial charge in [0, 0.05) is 5.56 Å². The summed E-state index contributed by atoms with van der Waals surface area (Å²) in [5.41, 5.74) is 4.87. The van der Waals surface area contributed by atoms with E-state index in [0.29, 0.717) is 22.4 Å². The predicted octanol–water partition coefficient (Wildman–Crippen LogP) is 0.617. The number of aryl methyl sites for hydroxylation is 2. The molecule has 1 atom stereocenters. The third kappa shape index (κ3) is 3.45. The van der Waals surface area contributed by atoms with Crippen LogP contribution in [-0.2, 0) is 4.79 Å². The topological polar surface area (TPSA) is 110 Å². The van der Waals surface area contributed by atoms with E-state index in [0.717, 1.165) is 6.92 Å². The van der Waals surface area contributed by atoms with Crippen molar-refractivity contribution in [3.05, 3.63) is 28.8 Å². The van der Waals surface area contributed by atoms with E-state index < -0.39 is 17.5 Å². The van der Waals surface area contributed by atoms with Crippen LogP contribution < -0.4 is 10.5 Å². The van der Waals surface area contributed by atoms with Gasteiger partial charge < -0.3 is 20.7 Å². The van der Waals surface area contributed by atoms with Crippen molar-refractivity contribution in [2.45, 2.75) is 26.4 Å². The van der Waals surface area contributed by atoms with Gasteiger partial charge in [-0.2, -0.15) is 0 Å². The molecule has 0 spiro atoms. The highest BCUT2D eigenvalue weighted by atomic mass is 16.5. The molecule has 1 amide bonds. The Hall–Kier alpha value is -2.08. The minimum absolute atomic E-state index is 0.354. The van der Waals surface area contributed by atoms with Crippen LogP contribution in [0.15, 0.2) is 12.1 Å². The highest BCUT2D eigenvalue weighted by molar-refractivity contribution is 5.93. The van der Waals surface area contributed by atoms with Gasteiger partial charge in [-0.05, 0) is 44.0 Å². The summed E-state index contributed by atoms with van der Waals surface area (Å²) in [6.07, 6.45) is 0. The number of carbonyl (C=O) groups excluding carboxylic acids is 1. The van der Waals surface area contributed by atoms with Crippen LogP contribution in [0.5, 0.6) is 5.75 Å². The van der Waals surface area contributed by atoms with E-state index in [1.165, 1.54) is 0 Å². The largest absolute Gasteiger partial charge is 0.489 e. The zero-order valence-electron chi connectivity index (χ0n) is 11.1. The Bertz CT molecular complexity index is 499. The summed E-state index contributed by atoms with van der Waals surface area (Å²) in [7, 11) is 0. The van der Waals surface area contributed by atoms with Crippen LogP contribution in [0.3, 0.4) is 0 Å². The van der Waals surface area contributed by atoms with Gasteiger partial charge in [-0.1, -0.05) is 0 Å². The molecule has 104 valence electrons. The maximum absolute atomic E-state index is 11.1. The van der Waals surface area contributed by atoms with Crippen molar-refractivity contribution >= 4 is 11.9 Å². The summed E-state index contributed by atoms with van der Waals surface area (Å²) in [6, 6.07) is 3.11. The minimum atomic E-state index is -1.97. The lowest BCUT2D eigenvalue weighted by Crippen LogP contribution is -2.41. The highest BCUT2D eigenvalue weighted by Crippen LogP contribution is 2.25. The molecule has 6 nitrogen and oxygen atoms in total. The number of hydrogen-bond donors (Lipinski definition) is 3. The second kappa shape index (κ2) is 5.27. The fraction of sp³-hybridized carbons (Fsp3) is 0.385. The first-order valence-corrected chi connectivity index (χ1v) is 5.65. The molecule has 0 aliphatic rings. The van der Waals surface area contributed by atoms with Crippen molar-refractivity contribution in [1.82, 2.24) is 0 Å². The van der Waals surface area contributed by atoms with Crippen LogP contribution in [-0.4, -0.2) is 34.3 Å². The lowest BCUT2D eigenvalue weighted by molar-refractivity contribution is -0.159. The number of hydrogen-bond acceptors (Lipinski definition) is 4. The molecular formula is C13H17NO5. The van der Waals surface area contributed by atoms with Gasteiger partial charge in [-0.25, -0.2) is 4.79 Å². The Morgan fingerprint density at radius 1 is 1.32 bits per heavy atom. The highest BCUT2D eigenvalue weighted by Gasteiger charge is 2.31. The molecule has 0 aliphatic heterocycles. The number of ether oxygens (including phenoxy) is 1. The quantitative estimate of drug-likeness (QED) is 0.724. The molecule has 1 rings (SSSR count). The van der Waals surface area contributed by atoms with Crippen LogP contribution >= 0.6 is 0 Å². The van der Waals surface area contributed by atoms with E-state index in [1.54, 1.807) is 26.0 Å². The molecule has 0 heterocycles. The number of rotatable bonds is 5. The molecule has 4 N–H and O–H groups in total. The Labute approximate surface area is 110 Å². The number of benzene rings is 1. The van der Waals surface area contributed by atoms with Gasteiger partial charge in [0.2, 0.25) is 5.91 Å². The maximum Gasteiger partial charge on any atom is 0.339 e. The van der Waals surface area contributed by atoms with Crippen molar-refractivity contribution in [3.8, 4) is 5.75 Å². The van der Waals surface area contributed by atoms with E-state index >= 15 is 0 Å². The first kappa shape index (κ1) is 15.0. The van der Waals surface area contributed by atoms with Gasteiger partial charge >= 0.3 is 5.97 Å². The van der Waals surface area contributed by atoms with E-state index in [2.05, 4.69) is 0 Å². The van der Waals surface area contributed by atoms with E-state index in [9.17, 15) is 14.7 Å². The van der Waals surface area contributed by atoms with Crippen molar-refractivity contribution < 1.29 is 24.5 Å². The molecule has 0 fully saturated rings. The minimum Gasteiger partial charge on any atom is -0.489 e. The summed E-state index contributed by atoms with van der Waals surface area (Å²) in [4.78, 5) is 21.9. The standard InChI is InChI=1S/C13H17NO5/c1-7-4-9(11(14)15)5-8(2)10(7)19-6-13(3,18)12(16)17/h4-5,18H,6H2,1-3H3,(H2,14,15)(H,16,17). The predicted molar refractivity (Wildman–Crippen MR) is 68.2 cm³/mol. The summed E-state index contributed by atoms with van der Waals surface area (Å²) in [5.74, 6) is -1.47. The number of carbonyl (C=O) groups is 2. The van der Waals surface area contributed by atoms with Gasteiger partial charge in [0.25, 0.3) is 0 Å². The average molecular weight is 267 g/mol. The Balaban J connectivity index is 2.97. The zero-order valence-corrected chi connectivity index (χ0v) is 11.1. The normalized spacial score (nSPS) is 13.7. The van der Waals surface area contributed by atoms with Crippen molar-refractivity contribution in [1.29, 1.82) is 0 Å². The molecule has 1 aromatic carbocycles. The van der Waals surface area contributed by atoms with E-state index in [-0.39, 0.29) is 6.61 Å². The average Bonchev–Trinajstić information content (AvgIpc) is 2.27. The second-order valence-electron chi connectivity index (χ2n) is 4.67. The lowest BCUT2D eigenvalue weighted by Gasteiger charge is -2.20. The van der Waals surface area contributed by atoms with Gasteiger partial charge in [0.1, 0.15) is 12.4 Å². The number of nitrogens with two attached hydrogens (primary N) is 1. The molecule has 0 radical (unpaired) electrons. The molecule has 19 heavy (non-hydrogen) atoms. The third-order valence-corrected chi connectivity index (χ3v) is 2.70. The number of primary amides is 1. The van der Waals surface area contributed by atoms with Crippen molar-refractivity contribution in [2.75, 3.05) is 6.61 Å².